The van der Waals surface area contributed by atoms with Gasteiger partial charge in [0, 0.05) is 6.42 Å². The maximum absolute atomic E-state index is 13.1. The second kappa shape index (κ2) is 44.9. The van der Waals surface area contributed by atoms with Crippen molar-refractivity contribution in [3.8, 4) is 0 Å². The zero-order valence-corrected chi connectivity index (χ0v) is 37.4. The molecule has 0 aromatic rings. The summed E-state index contributed by atoms with van der Waals surface area (Å²) >= 11 is 0. The smallest absolute Gasteiger partial charge is 0.306 e. The van der Waals surface area contributed by atoms with Crippen LogP contribution in [0.3, 0.4) is 0 Å². The van der Waals surface area contributed by atoms with E-state index in [4.69, 9.17) is 4.74 Å². The third-order valence-corrected chi connectivity index (χ3v) is 9.99. The minimum atomic E-state index is -0.814. The summed E-state index contributed by atoms with van der Waals surface area (Å²) in [6.45, 7) is 6.24. The lowest BCUT2D eigenvalue weighted by Gasteiger charge is -2.24. The van der Waals surface area contributed by atoms with Gasteiger partial charge in [0.15, 0.2) is 0 Å². The normalized spacial score (nSPS) is 14.2. The van der Waals surface area contributed by atoms with Crippen molar-refractivity contribution < 1.29 is 24.5 Å². The summed E-state index contributed by atoms with van der Waals surface area (Å²) in [6.07, 6.45) is 59.1. The van der Waals surface area contributed by atoms with Gasteiger partial charge in [-0.15, -0.1) is 0 Å². The molecule has 0 saturated heterocycles. The van der Waals surface area contributed by atoms with Crippen molar-refractivity contribution in [3.05, 3.63) is 97.2 Å². The van der Waals surface area contributed by atoms with E-state index in [0.717, 1.165) is 83.5 Å². The molecule has 6 nitrogen and oxygen atoms in total. The van der Waals surface area contributed by atoms with Gasteiger partial charge in [-0.05, 0) is 83.5 Å². The molecule has 0 rings (SSSR count). The van der Waals surface area contributed by atoms with E-state index in [2.05, 4.69) is 86.8 Å². The number of carbonyl (C=O) groups is 2. The van der Waals surface area contributed by atoms with Crippen LogP contribution in [0.5, 0.6) is 0 Å². The van der Waals surface area contributed by atoms with Crippen LogP contribution >= 0.6 is 0 Å². The topological polar surface area (TPSA) is 95.9 Å². The summed E-state index contributed by atoms with van der Waals surface area (Å²) in [5, 5.41) is 23.5. The predicted octanol–water partition coefficient (Wildman–Crippen LogP) is 13.8. The van der Waals surface area contributed by atoms with E-state index in [-0.39, 0.29) is 24.9 Å². The standard InChI is InChI=1S/C52H87NO5/c1-4-7-10-13-16-19-21-22-23-24-25-26-27-28-30-33-36-39-42-45-52(57)58-48(43-40-37-34-32-29-20-17-14-11-8-5-2)46-51(56)53-49(47-54)50(55)44-41-38-35-31-18-15-12-9-6-3/h8,11,14,16-17,19-20,22-23,25-26,28-30,32,34,48-50,54-55H,4-7,9-10,12-13,15,18,21,24,27,31,33,35-47H2,1-3H3,(H,53,56)/b11-8+,17-14+,19-16-,23-22-,26-25-,29-20-,30-28-,34-32-. The first-order chi connectivity index (χ1) is 28.5. The molecule has 0 spiro atoms. The molecule has 1 amide bonds. The van der Waals surface area contributed by atoms with Crippen molar-refractivity contribution in [2.24, 2.45) is 0 Å². The SMILES string of the molecule is CC/C=C/C=C/C=C\C=C/CCCC(CC(=O)NC(CO)C(O)CCCCCCCCCCC)OC(=O)CCCCC/C=C\C/C=C\C/C=C\C/C=C\CCCCC. The fourth-order valence-corrected chi connectivity index (χ4v) is 6.43. The number of rotatable bonds is 40. The Bertz CT molecular complexity index is 1180. The van der Waals surface area contributed by atoms with Crippen LogP contribution in [-0.2, 0) is 14.3 Å². The van der Waals surface area contributed by atoms with Gasteiger partial charge in [-0.2, -0.15) is 0 Å². The van der Waals surface area contributed by atoms with Gasteiger partial charge in [-0.25, -0.2) is 0 Å². The lowest BCUT2D eigenvalue weighted by molar-refractivity contribution is -0.151. The Hall–Kier alpha value is -3.22. The Kier molecular flexibility index (Phi) is 42.4. The van der Waals surface area contributed by atoms with E-state index < -0.39 is 18.2 Å². The summed E-state index contributed by atoms with van der Waals surface area (Å²) in [5.74, 6) is -0.591. The Morgan fingerprint density at radius 3 is 1.60 bits per heavy atom. The summed E-state index contributed by atoms with van der Waals surface area (Å²) in [5.41, 5.74) is 0. The van der Waals surface area contributed by atoms with Crippen LogP contribution in [0.1, 0.15) is 194 Å². The highest BCUT2D eigenvalue weighted by atomic mass is 16.5. The number of amides is 1. The van der Waals surface area contributed by atoms with Crippen LogP contribution < -0.4 is 5.32 Å². The molecule has 0 aliphatic carbocycles. The number of unbranched alkanes of at least 4 members (excludes halogenated alkanes) is 15. The maximum Gasteiger partial charge on any atom is 0.306 e. The van der Waals surface area contributed by atoms with Crippen LogP contribution in [0.25, 0.3) is 0 Å². The third-order valence-electron chi connectivity index (χ3n) is 9.99. The summed E-state index contributed by atoms with van der Waals surface area (Å²) in [7, 11) is 0. The first-order valence-electron chi connectivity index (χ1n) is 23.5. The average Bonchev–Trinajstić information content (AvgIpc) is 3.22. The van der Waals surface area contributed by atoms with E-state index in [1.54, 1.807) is 0 Å². The van der Waals surface area contributed by atoms with Gasteiger partial charge in [0.25, 0.3) is 0 Å². The molecule has 0 heterocycles. The highest BCUT2D eigenvalue weighted by molar-refractivity contribution is 5.77. The van der Waals surface area contributed by atoms with E-state index in [0.29, 0.717) is 19.3 Å². The molecule has 0 aromatic heterocycles. The van der Waals surface area contributed by atoms with Gasteiger partial charge in [0.1, 0.15) is 6.10 Å². The fourth-order valence-electron chi connectivity index (χ4n) is 6.43. The van der Waals surface area contributed by atoms with Crippen molar-refractivity contribution >= 4 is 11.9 Å². The molecule has 0 aliphatic heterocycles. The zero-order valence-electron chi connectivity index (χ0n) is 37.4. The number of esters is 1. The number of aliphatic hydroxyl groups is 2. The molecule has 6 heteroatoms. The molecule has 0 bridgehead atoms. The number of allylic oxidation sites excluding steroid dienone is 16. The Morgan fingerprint density at radius 1 is 0.534 bits per heavy atom. The molecular formula is C52H87NO5. The largest absolute Gasteiger partial charge is 0.462 e. The molecule has 3 atom stereocenters. The zero-order chi connectivity index (χ0) is 42.4. The van der Waals surface area contributed by atoms with Gasteiger partial charge in [0.05, 0.1) is 25.2 Å². The van der Waals surface area contributed by atoms with Crippen LogP contribution in [0.2, 0.25) is 0 Å². The van der Waals surface area contributed by atoms with Gasteiger partial charge in [-0.1, -0.05) is 195 Å². The fraction of sp³-hybridized carbons (Fsp3) is 0.654. The minimum absolute atomic E-state index is 0.0126. The van der Waals surface area contributed by atoms with Crippen LogP contribution in [0.15, 0.2) is 97.2 Å². The number of aliphatic hydroxyl groups excluding tert-OH is 2. The van der Waals surface area contributed by atoms with Gasteiger partial charge in [-0.3, -0.25) is 9.59 Å². The predicted molar refractivity (Wildman–Crippen MR) is 250 cm³/mol. The van der Waals surface area contributed by atoms with Gasteiger partial charge in [0.2, 0.25) is 5.91 Å². The van der Waals surface area contributed by atoms with Crippen molar-refractivity contribution in [3.63, 3.8) is 0 Å². The Morgan fingerprint density at radius 2 is 1.02 bits per heavy atom. The second-order valence-electron chi connectivity index (χ2n) is 15.5. The Labute approximate surface area is 356 Å². The van der Waals surface area contributed by atoms with Gasteiger partial charge >= 0.3 is 5.97 Å². The first-order valence-corrected chi connectivity index (χ1v) is 23.5. The molecule has 0 fully saturated rings. The quantitative estimate of drug-likeness (QED) is 0.0248. The first kappa shape index (κ1) is 54.8. The summed E-state index contributed by atoms with van der Waals surface area (Å²) < 4.78 is 5.85. The van der Waals surface area contributed by atoms with Crippen molar-refractivity contribution in [2.45, 2.75) is 212 Å². The number of carbonyl (C=O) groups excluding carboxylic acids is 2. The number of ether oxygens (including phenoxy) is 1. The minimum Gasteiger partial charge on any atom is -0.462 e. The van der Waals surface area contributed by atoms with E-state index >= 15 is 0 Å². The van der Waals surface area contributed by atoms with Crippen molar-refractivity contribution in [2.75, 3.05) is 6.61 Å². The summed E-state index contributed by atoms with van der Waals surface area (Å²) in [6, 6.07) is -0.733. The lowest BCUT2D eigenvalue weighted by atomic mass is 10.0. The highest BCUT2D eigenvalue weighted by Crippen LogP contribution is 2.16. The van der Waals surface area contributed by atoms with Crippen LogP contribution in [-0.4, -0.2) is 46.9 Å². The molecule has 3 N–H and O–H groups in total. The molecule has 58 heavy (non-hydrogen) atoms. The molecule has 0 aromatic carbocycles. The van der Waals surface area contributed by atoms with E-state index in [9.17, 15) is 19.8 Å². The summed E-state index contributed by atoms with van der Waals surface area (Å²) in [4.78, 5) is 26.0. The average molecular weight is 806 g/mol. The lowest BCUT2D eigenvalue weighted by Crippen LogP contribution is -2.46. The van der Waals surface area contributed by atoms with E-state index in [1.165, 1.54) is 64.2 Å². The Balaban J connectivity index is 4.69. The highest BCUT2D eigenvalue weighted by Gasteiger charge is 2.24. The van der Waals surface area contributed by atoms with Gasteiger partial charge < -0.3 is 20.3 Å². The second-order valence-corrected chi connectivity index (χ2v) is 15.5. The van der Waals surface area contributed by atoms with E-state index in [1.807, 2.05) is 36.5 Å². The number of hydrogen-bond acceptors (Lipinski definition) is 5. The number of hydrogen-bond donors (Lipinski definition) is 3. The van der Waals surface area contributed by atoms with Crippen molar-refractivity contribution in [1.29, 1.82) is 0 Å². The molecular weight excluding hydrogens is 719 g/mol. The monoisotopic (exact) mass is 806 g/mol. The molecule has 0 radical (unpaired) electrons. The molecule has 0 aliphatic rings. The maximum atomic E-state index is 13.1. The van der Waals surface area contributed by atoms with Crippen LogP contribution in [0, 0.1) is 0 Å². The van der Waals surface area contributed by atoms with Crippen molar-refractivity contribution in [1.82, 2.24) is 5.32 Å². The molecule has 330 valence electrons. The van der Waals surface area contributed by atoms with Crippen LogP contribution in [0.4, 0.5) is 0 Å². The molecule has 3 unspecified atom stereocenters. The number of nitrogens with one attached hydrogen (secondary N) is 1. The molecule has 0 saturated carbocycles. The third kappa shape index (κ3) is 39.6.